The Balaban J connectivity index is 1.84. The summed E-state index contributed by atoms with van der Waals surface area (Å²) < 4.78 is 15.8. The van der Waals surface area contributed by atoms with Gasteiger partial charge in [-0.3, -0.25) is 14.9 Å². The van der Waals surface area contributed by atoms with E-state index in [0.717, 1.165) is 5.56 Å². The molecule has 0 saturated heterocycles. The minimum Gasteiger partial charge on any atom is -0.493 e. The predicted octanol–water partition coefficient (Wildman–Crippen LogP) is 4.80. The molecule has 0 aromatic heterocycles. The SMILES string of the molecule is COC(=O)C1=C(C)NC2=C(C(=O)C[C@H](c3ccc(OC)c(OC)c3)C2)[C@H]1c1cc([N+](=O)[O-])ccc1Cl. The number of allylic oxidation sites excluding steroid dienone is 3. The third kappa shape index (κ3) is 4.42. The molecule has 1 heterocycles. The Hall–Kier alpha value is -3.85. The van der Waals surface area contributed by atoms with Crippen molar-refractivity contribution in [2.45, 2.75) is 31.6 Å². The number of carbonyl (C=O) groups is 2. The number of nitro benzene ring substituents is 1. The Labute approximate surface area is 212 Å². The summed E-state index contributed by atoms with van der Waals surface area (Å²) in [6.45, 7) is 1.71. The number of rotatable bonds is 6. The van der Waals surface area contributed by atoms with Crippen LogP contribution in [0.15, 0.2) is 58.9 Å². The lowest BCUT2D eigenvalue weighted by Crippen LogP contribution is -2.36. The van der Waals surface area contributed by atoms with Crippen molar-refractivity contribution in [3.63, 3.8) is 0 Å². The summed E-state index contributed by atoms with van der Waals surface area (Å²) in [6.07, 6.45) is 0.651. The Morgan fingerprint density at radius 3 is 2.44 bits per heavy atom. The molecule has 2 atom stereocenters. The number of dihydropyridines is 1. The molecule has 10 heteroatoms. The lowest BCUT2D eigenvalue weighted by molar-refractivity contribution is -0.384. The fourth-order valence-electron chi connectivity index (χ4n) is 4.94. The molecule has 0 bridgehead atoms. The van der Waals surface area contributed by atoms with Crippen LogP contribution in [0.1, 0.15) is 42.7 Å². The van der Waals surface area contributed by atoms with Crippen LogP contribution in [-0.4, -0.2) is 38.0 Å². The third-order valence-electron chi connectivity index (χ3n) is 6.61. The molecule has 0 amide bonds. The molecule has 2 aromatic rings. The zero-order valence-corrected chi connectivity index (χ0v) is 21.0. The van der Waals surface area contributed by atoms with Crippen LogP contribution in [0.25, 0.3) is 0 Å². The molecule has 2 aromatic carbocycles. The second kappa shape index (κ2) is 10.0. The smallest absolute Gasteiger partial charge is 0.336 e. The van der Waals surface area contributed by atoms with Gasteiger partial charge in [0.2, 0.25) is 0 Å². The van der Waals surface area contributed by atoms with Crippen molar-refractivity contribution in [3.05, 3.63) is 85.2 Å². The van der Waals surface area contributed by atoms with E-state index >= 15 is 0 Å². The van der Waals surface area contributed by atoms with Gasteiger partial charge in [0.05, 0.1) is 31.8 Å². The highest BCUT2D eigenvalue weighted by atomic mass is 35.5. The van der Waals surface area contributed by atoms with Crippen molar-refractivity contribution >= 4 is 29.0 Å². The number of nitrogens with one attached hydrogen (secondary N) is 1. The molecule has 1 aliphatic carbocycles. The minimum atomic E-state index is -0.903. The molecule has 0 fully saturated rings. The molecule has 36 heavy (non-hydrogen) atoms. The van der Waals surface area contributed by atoms with Crippen LogP contribution < -0.4 is 14.8 Å². The maximum atomic E-state index is 13.7. The topological polar surface area (TPSA) is 117 Å². The third-order valence-corrected chi connectivity index (χ3v) is 6.96. The number of ketones is 1. The van der Waals surface area contributed by atoms with Crippen LogP contribution in [0.5, 0.6) is 11.5 Å². The first-order chi connectivity index (χ1) is 17.2. The number of Topliss-reactive ketones (excluding diaryl/α,β-unsaturated/α-hetero) is 1. The molecule has 0 unspecified atom stereocenters. The van der Waals surface area contributed by atoms with E-state index in [1.165, 1.54) is 25.3 Å². The van der Waals surface area contributed by atoms with Crippen LogP contribution >= 0.6 is 11.6 Å². The van der Waals surface area contributed by atoms with E-state index in [0.29, 0.717) is 40.5 Å². The van der Waals surface area contributed by atoms with Gasteiger partial charge in [0, 0.05) is 46.5 Å². The van der Waals surface area contributed by atoms with Crippen molar-refractivity contribution in [1.82, 2.24) is 5.32 Å². The van der Waals surface area contributed by atoms with Gasteiger partial charge < -0.3 is 19.5 Å². The molecular weight excluding hydrogens is 488 g/mol. The summed E-state index contributed by atoms with van der Waals surface area (Å²) in [6, 6.07) is 9.54. The number of methoxy groups -OCH3 is 3. The number of benzene rings is 2. The van der Waals surface area contributed by atoms with Gasteiger partial charge in [-0.25, -0.2) is 4.79 Å². The average molecular weight is 513 g/mol. The van der Waals surface area contributed by atoms with E-state index in [1.54, 1.807) is 27.2 Å². The number of esters is 1. The van der Waals surface area contributed by atoms with Gasteiger partial charge in [0.1, 0.15) is 0 Å². The molecule has 1 N–H and O–H groups in total. The molecule has 0 radical (unpaired) electrons. The second-order valence-electron chi connectivity index (χ2n) is 8.59. The van der Waals surface area contributed by atoms with E-state index < -0.39 is 16.8 Å². The second-order valence-corrected chi connectivity index (χ2v) is 8.99. The molecule has 1 aliphatic heterocycles. The molecule has 9 nitrogen and oxygen atoms in total. The van der Waals surface area contributed by atoms with Crippen molar-refractivity contribution in [1.29, 1.82) is 0 Å². The number of halogens is 1. The zero-order valence-electron chi connectivity index (χ0n) is 20.2. The highest BCUT2D eigenvalue weighted by molar-refractivity contribution is 6.31. The van der Waals surface area contributed by atoms with E-state index in [9.17, 15) is 19.7 Å². The Morgan fingerprint density at radius 2 is 1.81 bits per heavy atom. The number of nitro groups is 1. The molecule has 0 saturated carbocycles. The molecular formula is C26H25ClN2O7. The number of non-ortho nitro benzene ring substituents is 1. The van der Waals surface area contributed by atoms with Crippen LogP contribution in [-0.2, 0) is 14.3 Å². The van der Waals surface area contributed by atoms with Crippen molar-refractivity contribution < 1.29 is 28.7 Å². The number of ether oxygens (including phenoxy) is 3. The van der Waals surface area contributed by atoms with Gasteiger partial charge in [0.25, 0.3) is 5.69 Å². The van der Waals surface area contributed by atoms with E-state index in [2.05, 4.69) is 5.32 Å². The summed E-state index contributed by atoms with van der Waals surface area (Å²) in [5.74, 6) is -0.749. The Morgan fingerprint density at radius 1 is 1.08 bits per heavy atom. The standard InChI is InChI=1S/C26H25ClN2O7/c1-13-23(26(31)36-4)24(17-12-16(29(32)33)6-7-18(17)27)25-19(28-13)9-15(10-20(25)30)14-5-8-21(34-2)22(11-14)35-3/h5-8,11-12,15,24,28H,9-10H2,1-4H3/t15-,24+/m1/s1. The van der Waals surface area contributed by atoms with Gasteiger partial charge in [0.15, 0.2) is 17.3 Å². The van der Waals surface area contributed by atoms with Gasteiger partial charge in [-0.15, -0.1) is 0 Å². The first-order valence-corrected chi connectivity index (χ1v) is 11.6. The maximum absolute atomic E-state index is 13.7. The maximum Gasteiger partial charge on any atom is 0.336 e. The van der Waals surface area contributed by atoms with Crippen LogP contribution in [0, 0.1) is 10.1 Å². The van der Waals surface area contributed by atoms with E-state index in [-0.39, 0.29) is 34.4 Å². The summed E-state index contributed by atoms with van der Waals surface area (Å²) in [7, 11) is 4.35. The summed E-state index contributed by atoms with van der Waals surface area (Å²) >= 11 is 6.48. The molecule has 188 valence electrons. The average Bonchev–Trinajstić information content (AvgIpc) is 2.87. The van der Waals surface area contributed by atoms with Crippen molar-refractivity contribution in [2.24, 2.45) is 0 Å². The number of hydrogen-bond acceptors (Lipinski definition) is 8. The zero-order chi connectivity index (χ0) is 26.1. The van der Waals surface area contributed by atoms with Gasteiger partial charge in [-0.05, 0) is 48.6 Å². The first-order valence-electron chi connectivity index (χ1n) is 11.2. The monoisotopic (exact) mass is 512 g/mol. The van der Waals surface area contributed by atoms with Gasteiger partial charge in [-0.2, -0.15) is 0 Å². The lowest BCUT2D eigenvalue weighted by Gasteiger charge is -2.36. The van der Waals surface area contributed by atoms with E-state index in [1.807, 2.05) is 12.1 Å². The van der Waals surface area contributed by atoms with Gasteiger partial charge >= 0.3 is 5.97 Å². The summed E-state index contributed by atoms with van der Waals surface area (Å²) in [4.78, 5) is 37.4. The van der Waals surface area contributed by atoms with Crippen LogP contribution in [0.4, 0.5) is 5.69 Å². The Bertz CT molecular complexity index is 1330. The highest BCUT2D eigenvalue weighted by Gasteiger charge is 2.42. The van der Waals surface area contributed by atoms with Crippen molar-refractivity contribution in [2.75, 3.05) is 21.3 Å². The lowest BCUT2D eigenvalue weighted by atomic mass is 9.71. The van der Waals surface area contributed by atoms with Crippen LogP contribution in [0.2, 0.25) is 5.02 Å². The minimum absolute atomic E-state index is 0.155. The number of hydrogen-bond donors (Lipinski definition) is 1. The fourth-order valence-corrected chi connectivity index (χ4v) is 5.17. The number of carbonyl (C=O) groups excluding carboxylic acids is 2. The highest BCUT2D eigenvalue weighted by Crippen LogP contribution is 2.48. The molecule has 2 aliphatic rings. The normalized spacial score (nSPS) is 19.4. The molecule has 0 spiro atoms. The first kappa shape index (κ1) is 25.2. The van der Waals surface area contributed by atoms with Crippen LogP contribution in [0.3, 0.4) is 0 Å². The van der Waals surface area contributed by atoms with Gasteiger partial charge in [-0.1, -0.05) is 17.7 Å². The fraction of sp³-hybridized carbons (Fsp3) is 0.308. The predicted molar refractivity (Wildman–Crippen MR) is 132 cm³/mol. The number of nitrogens with zero attached hydrogens (tertiary/aromatic N) is 1. The van der Waals surface area contributed by atoms with Crippen molar-refractivity contribution in [3.8, 4) is 11.5 Å². The largest absolute Gasteiger partial charge is 0.493 e. The summed E-state index contributed by atoms with van der Waals surface area (Å²) in [5.41, 5.74) is 2.70. The summed E-state index contributed by atoms with van der Waals surface area (Å²) in [5, 5.41) is 14.9. The Kier molecular flexibility index (Phi) is 7.03. The molecule has 4 rings (SSSR count). The quantitative estimate of drug-likeness (QED) is 0.333. The van der Waals surface area contributed by atoms with E-state index in [4.69, 9.17) is 25.8 Å².